The van der Waals surface area contributed by atoms with Crippen LogP contribution in [0.4, 0.5) is 0 Å². The molecular formula is C9H21NO4. The highest BCUT2D eigenvalue weighted by Gasteiger charge is 2.04. The molecule has 0 saturated heterocycles. The second kappa shape index (κ2) is 8.93. The van der Waals surface area contributed by atoms with Crippen LogP contribution in [0, 0.1) is 0 Å². The van der Waals surface area contributed by atoms with Gasteiger partial charge in [-0.3, -0.25) is 4.79 Å². The van der Waals surface area contributed by atoms with E-state index in [1.807, 2.05) is 20.8 Å². The van der Waals surface area contributed by atoms with Crippen molar-refractivity contribution in [2.45, 2.75) is 32.4 Å². The zero-order valence-corrected chi connectivity index (χ0v) is 9.28. The summed E-state index contributed by atoms with van der Waals surface area (Å²) >= 11 is 0. The molecule has 5 heteroatoms. The molecule has 5 nitrogen and oxygen atoms in total. The standard InChI is InChI=1S/C5H12O.C4H9NO3/c1-5(2,3)6-4;6-1-4(2-7)5-3-8/h1-4H3;3-4,6-7H,1-2H2,(H,5,8). The third-order valence-corrected chi connectivity index (χ3v) is 1.36. The Balaban J connectivity index is 0. The predicted molar refractivity (Wildman–Crippen MR) is 53.9 cm³/mol. The monoisotopic (exact) mass is 207 g/mol. The molecule has 0 unspecified atom stereocenters. The van der Waals surface area contributed by atoms with Crippen molar-refractivity contribution in [2.75, 3.05) is 20.3 Å². The number of carbonyl (C=O) groups excluding carboxylic acids is 1. The molecule has 14 heavy (non-hydrogen) atoms. The van der Waals surface area contributed by atoms with E-state index in [4.69, 9.17) is 14.9 Å². The summed E-state index contributed by atoms with van der Waals surface area (Å²) in [4.78, 5) is 9.60. The zero-order chi connectivity index (χ0) is 11.6. The highest BCUT2D eigenvalue weighted by Crippen LogP contribution is 2.02. The Labute approximate surface area is 85.1 Å². The van der Waals surface area contributed by atoms with Crippen LogP contribution in [0.3, 0.4) is 0 Å². The van der Waals surface area contributed by atoms with E-state index in [2.05, 4.69) is 5.32 Å². The number of methoxy groups -OCH3 is 1. The first kappa shape index (κ1) is 15.8. The summed E-state index contributed by atoms with van der Waals surface area (Å²) in [7, 11) is 1.71. The third kappa shape index (κ3) is 13.9. The molecule has 0 aliphatic rings. The predicted octanol–water partition coefficient (Wildman–Crippen LogP) is -0.483. The smallest absolute Gasteiger partial charge is 0.207 e. The lowest BCUT2D eigenvalue weighted by Crippen LogP contribution is -2.34. The van der Waals surface area contributed by atoms with Gasteiger partial charge in [-0.05, 0) is 20.8 Å². The molecule has 86 valence electrons. The molecule has 0 radical (unpaired) electrons. The fraction of sp³-hybridized carbons (Fsp3) is 0.889. The van der Waals surface area contributed by atoms with Crippen molar-refractivity contribution in [3.63, 3.8) is 0 Å². The Hall–Kier alpha value is -0.650. The van der Waals surface area contributed by atoms with Crippen LogP contribution in [0.5, 0.6) is 0 Å². The van der Waals surface area contributed by atoms with Crippen molar-refractivity contribution >= 4 is 6.41 Å². The van der Waals surface area contributed by atoms with Crippen molar-refractivity contribution in [2.24, 2.45) is 0 Å². The van der Waals surface area contributed by atoms with E-state index >= 15 is 0 Å². The average molecular weight is 207 g/mol. The quantitative estimate of drug-likeness (QED) is 0.544. The maximum absolute atomic E-state index is 9.60. The van der Waals surface area contributed by atoms with Gasteiger partial charge < -0.3 is 20.3 Å². The topological polar surface area (TPSA) is 78.8 Å². The number of nitrogens with one attached hydrogen (secondary N) is 1. The summed E-state index contributed by atoms with van der Waals surface area (Å²) in [6.07, 6.45) is 0.442. The lowest BCUT2D eigenvalue weighted by molar-refractivity contribution is -0.110. The highest BCUT2D eigenvalue weighted by molar-refractivity contribution is 5.46. The second-order valence-electron chi connectivity index (χ2n) is 3.66. The van der Waals surface area contributed by atoms with E-state index in [0.717, 1.165) is 0 Å². The van der Waals surface area contributed by atoms with Crippen LogP contribution in [0.2, 0.25) is 0 Å². The van der Waals surface area contributed by atoms with Gasteiger partial charge in [0.05, 0.1) is 24.9 Å². The van der Waals surface area contributed by atoms with E-state index in [9.17, 15) is 4.79 Å². The fourth-order valence-electron chi connectivity index (χ4n) is 0.259. The molecule has 3 N–H and O–H groups in total. The Morgan fingerprint density at radius 2 is 1.71 bits per heavy atom. The van der Waals surface area contributed by atoms with Gasteiger partial charge in [0.1, 0.15) is 0 Å². The first-order valence-corrected chi connectivity index (χ1v) is 4.37. The number of carbonyl (C=O) groups is 1. The molecule has 0 aromatic carbocycles. The van der Waals surface area contributed by atoms with E-state index in [1.54, 1.807) is 7.11 Å². The van der Waals surface area contributed by atoms with Crippen molar-refractivity contribution in [1.82, 2.24) is 5.32 Å². The van der Waals surface area contributed by atoms with E-state index in [1.165, 1.54) is 0 Å². The summed E-state index contributed by atoms with van der Waals surface area (Å²) in [5, 5.41) is 18.8. The summed E-state index contributed by atoms with van der Waals surface area (Å²) < 4.78 is 4.94. The normalized spacial score (nSPS) is 10.5. The van der Waals surface area contributed by atoms with Crippen LogP contribution >= 0.6 is 0 Å². The van der Waals surface area contributed by atoms with Crippen LogP contribution in [0.15, 0.2) is 0 Å². The largest absolute Gasteiger partial charge is 0.394 e. The van der Waals surface area contributed by atoms with Crippen molar-refractivity contribution in [3.05, 3.63) is 0 Å². The molecule has 1 amide bonds. The number of aliphatic hydroxyl groups excluding tert-OH is 2. The molecule has 0 bridgehead atoms. The van der Waals surface area contributed by atoms with Gasteiger partial charge in [-0.25, -0.2) is 0 Å². The summed E-state index contributed by atoms with van der Waals surface area (Å²) in [5.41, 5.74) is 0.0417. The third-order valence-electron chi connectivity index (χ3n) is 1.36. The molecule has 0 aromatic heterocycles. The van der Waals surface area contributed by atoms with E-state index < -0.39 is 6.04 Å². The minimum Gasteiger partial charge on any atom is -0.394 e. The molecule has 0 aliphatic carbocycles. The molecule has 0 atom stereocenters. The Bertz CT molecular complexity index is 129. The molecule has 0 heterocycles. The van der Waals surface area contributed by atoms with Gasteiger partial charge in [-0.1, -0.05) is 0 Å². The molecule has 0 fully saturated rings. The van der Waals surface area contributed by atoms with Gasteiger partial charge in [-0.15, -0.1) is 0 Å². The van der Waals surface area contributed by atoms with Gasteiger partial charge >= 0.3 is 0 Å². The maximum Gasteiger partial charge on any atom is 0.207 e. The number of hydrogen-bond donors (Lipinski definition) is 3. The van der Waals surface area contributed by atoms with Gasteiger partial charge in [0.25, 0.3) is 0 Å². The average Bonchev–Trinajstić information content (AvgIpc) is 2.14. The molecule has 0 aliphatic heterocycles. The van der Waals surface area contributed by atoms with Crippen LogP contribution in [0.1, 0.15) is 20.8 Å². The Morgan fingerprint density at radius 1 is 1.36 bits per heavy atom. The summed E-state index contributed by atoms with van der Waals surface area (Å²) in [6.45, 7) is 5.61. The summed E-state index contributed by atoms with van der Waals surface area (Å²) in [6, 6.07) is -0.507. The number of ether oxygens (including phenoxy) is 1. The Morgan fingerprint density at radius 3 is 1.79 bits per heavy atom. The van der Waals surface area contributed by atoms with Gasteiger partial charge in [0, 0.05) is 7.11 Å². The first-order valence-electron chi connectivity index (χ1n) is 4.37. The van der Waals surface area contributed by atoms with Crippen LogP contribution in [-0.4, -0.2) is 48.6 Å². The zero-order valence-electron chi connectivity index (χ0n) is 9.28. The van der Waals surface area contributed by atoms with E-state index in [0.29, 0.717) is 6.41 Å². The number of rotatable bonds is 4. The molecule has 0 saturated carbocycles. The highest BCUT2D eigenvalue weighted by atomic mass is 16.5. The fourth-order valence-corrected chi connectivity index (χ4v) is 0.259. The molecule has 0 spiro atoms. The van der Waals surface area contributed by atoms with Crippen molar-refractivity contribution in [3.8, 4) is 0 Å². The van der Waals surface area contributed by atoms with Crippen LogP contribution in [0.25, 0.3) is 0 Å². The number of amides is 1. The number of hydrogen-bond acceptors (Lipinski definition) is 4. The SMILES string of the molecule is COC(C)(C)C.O=CNC(CO)CO. The number of aliphatic hydroxyl groups is 2. The molecular weight excluding hydrogens is 186 g/mol. The van der Waals surface area contributed by atoms with Crippen LogP contribution < -0.4 is 5.32 Å². The van der Waals surface area contributed by atoms with Crippen molar-refractivity contribution < 1.29 is 19.7 Å². The first-order chi connectivity index (χ1) is 6.41. The van der Waals surface area contributed by atoms with Crippen molar-refractivity contribution in [1.29, 1.82) is 0 Å². The summed E-state index contributed by atoms with van der Waals surface area (Å²) in [5.74, 6) is 0. The van der Waals surface area contributed by atoms with E-state index in [-0.39, 0.29) is 18.8 Å². The Kier molecular flexibility index (Phi) is 10.1. The molecule has 0 aromatic rings. The van der Waals surface area contributed by atoms with Gasteiger partial charge in [0.15, 0.2) is 0 Å². The minimum atomic E-state index is -0.507. The lowest BCUT2D eigenvalue weighted by atomic mass is 10.2. The second-order valence-corrected chi connectivity index (χ2v) is 3.66. The molecule has 0 rings (SSSR count). The minimum absolute atomic E-state index is 0.0417. The van der Waals surface area contributed by atoms with Gasteiger partial charge in [-0.2, -0.15) is 0 Å². The maximum atomic E-state index is 9.60. The van der Waals surface area contributed by atoms with Gasteiger partial charge in [0.2, 0.25) is 6.41 Å². The van der Waals surface area contributed by atoms with Crippen LogP contribution in [-0.2, 0) is 9.53 Å². The lowest BCUT2D eigenvalue weighted by Gasteiger charge is -2.14.